The number of methoxy groups -OCH3 is 1. The molecule has 2 aliphatic rings. The van der Waals surface area contributed by atoms with Gasteiger partial charge in [-0.1, -0.05) is 6.42 Å². The molecule has 0 amide bonds. The Morgan fingerprint density at radius 3 is 3.11 bits per heavy atom. The van der Waals surface area contributed by atoms with Crippen LogP contribution in [0.2, 0.25) is 0 Å². The molecule has 0 saturated carbocycles. The molecule has 5 nitrogen and oxygen atoms in total. The summed E-state index contributed by atoms with van der Waals surface area (Å²) in [4.78, 5) is 11.3. The molecule has 1 aromatic heterocycles. The van der Waals surface area contributed by atoms with E-state index in [1.165, 1.54) is 38.8 Å². The number of halogens is 1. The van der Waals surface area contributed by atoms with E-state index >= 15 is 0 Å². The van der Waals surface area contributed by atoms with Crippen molar-refractivity contribution in [1.82, 2.24) is 14.9 Å². The van der Waals surface area contributed by atoms with Gasteiger partial charge in [0.2, 0.25) is 11.8 Å². The first-order chi connectivity index (χ1) is 9.28. The van der Waals surface area contributed by atoms with Crippen molar-refractivity contribution < 1.29 is 4.74 Å². The van der Waals surface area contributed by atoms with E-state index in [9.17, 15) is 0 Å². The standard InChI is InChI=1S/C13H19BrN4O/c1-19-12-9(14)8-15-13(17-12)16-10-5-7-18-6-3-2-4-11(10)18/h8,10-11H,2-7H2,1H3,(H,15,16,17). The van der Waals surface area contributed by atoms with Crippen LogP contribution < -0.4 is 10.1 Å². The SMILES string of the molecule is COc1nc(NC2CCN3CCCCC23)ncc1Br. The molecule has 2 unspecified atom stereocenters. The fraction of sp³-hybridized carbons (Fsp3) is 0.692. The Balaban J connectivity index is 1.71. The Morgan fingerprint density at radius 2 is 2.26 bits per heavy atom. The fourth-order valence-corrected chi connectivity index (χ4v) is 3.50. The summed E-state index contributed by atoms with van der Waals surface area (Å²) in [6.07, 6.45) is 6.87. The van der Waals surface area contributed by atoms with E-state index < -0.39 is 0 Å². The second-order valence-corrected chi connectivity index (χ2v) is 6.04. The number of piperidine rings is 1. The Morgan fingerprint density at radius 1 is 1.37 bits per heavy atom. The first-order valence-electron chi connectivity index (χ1n) is 6.85. The highest BCUT2D eigenvalue weighted by Crippen LogP contribution is 2.29. The first-order valence-corrected chi connectivity index (χ1v) is 7.64. The van der Waals surface area contributed by atoms with Gasteiger partial charge >= 0.3 is 0 Å². The predicted molar refractivity (Wildman–Crippen MR) is 77.5 cm³/mol. The van der Waals surface area contributed by atoms with Crippen molar-refractivity contribution in [3.63, 3.8) is 0 Å². The average molecular weight is 327 g/mol. The summed E-state index contributed by atoms with van der Waals surface area (Å²) < 4.78 is 5.99. The molecule has 0 bridgehead atoms. The molecule has 3 rings (SSSR count). The number of hydrogen-bond acceptors (Lipinski definition) is 5. The van der Waals surface area contributed by atoms with Crippen molar-refractivity contribution in [2.24, 2.45) is 0 Å². The van der Waals surface area contributed by atoms with E-state index in [0.29, 0.717) is 23.9 Å². The van der Waals surface area contributed by atoms with Gasteiger partial charge in [0.1, 0.15) is 0 Å². The summed E-state index contributed by atoms with van der Waals surface area (Å²) in [6.45, 7) is 2.43. The quantitative estimate of drug-likeness (QED) is 0.923. The third-order valence-corrected chi connectivity index (χ3v) is 4.62. The lowest BCUT2D eigenvalue weighted by Gasteiger charge is -2.32. The Kier molecular flexibility index (Phi) is 3.88. The van der Waals surface area contributed by atoms with Gasteiger partial charge in [-0.25, -0.2) is 4.98 Å². The van der Waals surface area contributed by atoms with Crippen LogP contribution in [0.5, 0.6) is 5.88 Å². The zero-order valence-electron chi connectivity index (χ0n) is 11.1. The lowest BCUT2D eigenvalue weighted by atomic mass is 9.99. The summed E-state index contributed by atoms with van der Waals surface area (Å²) in [5, 5.41) is 3.48. The molecule has 2 saturated heterocycles. The number of nitrogens with one attached hydrogen (secondary N) is 1. The molecule has 104 valence electrons. The van der Waals surface area contributed by atoms with Crippen molar-refractivity contribution >= 4 is 21.9 Å². The lowest BCUT2D eigenvalue weighted by Crippen LogP contribution is -2.42. The van der Waals surface area contributed by atoms with Gasteiger partial charge in [-0.15, -0.1) is 0 Å². The molecule has 19 heavy (non-hydrogen) atoms. The maximum absolute atomic E-state index is 5.21. The van der Waals surface area contributed by atoms with Crippen LogP contribution >= 0.6 is 15.9 Å². The molecule has 1 aromatic rings. The number of rotatable bonds is 3. The zero-order chi connectivity index (χ0) is 13.2. The molecule has 1 N–H and O–H groups in total. The Labute approximate surface area is 121 Å². The van der Waals surface area contributed by atoms with Crippen molar-refractivity contribution in [3.8, 4) is 5.88 Å². The number of nitrogens with zero attached hydrogens (tertiary/aromatic N) is 3. The van der Waals surface area contributed by atoms with E-state index in [0.717, 1.165) is 4.47 Å². The average Bonchev–Trinajstić information content (AvgIpc) is 2.84. The van der Waals surface area contributed by atoms with Crippen molar-refractivity contribution in [2.75, 3.05) is 25.5 Å². The molecule has 6 heteroatoms. The highest BCUT2D eigenvalue weighted by molar-refractivity contribution is 9.10. The maximum Gasteiger partial charge on any atom is 0.232 e. The Hall–Kier alpha value is -0.880. The van der Waals surface area contributed by atoms with Crippen LogP contribution in [-0.2, 0) is 0 Å². The second-order valence-electron chi connectivity index (χ2n) is 5.19. The van der Waals surface area contributed by atoms with Gasteiger partial charge in [0.25, 0.3) is 0 Å². The lowest BCUT2D eigenvalue weighted by molar-refractivity contribution is 0.192. The summed E-state index contributed by atoms with van der Waals surface area (Å²) in [6, 6.07) is 1.11. The molecule has 0 aliphatic carbocycles. The van der Waals surface area contributed by atoms with Gasteiger partial charge in [-0.05, 0) is 41.7 Å². The number of ether oxygens (including phenoxy) is 1. The molecular weight excluding hydrogens is 308 g/mol. The molecule has 0 radical (unpaired) electrons. The van der Waals surface area contributed by atoms with Crippen LogP contribution in [-0.4, -0.2) is 47.2 Å². The molecule has 2 aliphatic heterocycles. The van der Waals surface area contributed by atoms with Gasteiger partial charge in [0, 0.05) is 18.6 Å². The topological polar surface area (TPSA) is 50.3 Å². The van der Waals surface area contributed by atoms with Gasteiger partial charge in [-0.3, -0.25) is 4.90 Å². The molecule has 0 spiro atoms. The molecule has 2 fully saturated rings. The van der Waals surface area contributed by atoms with Crippen molar-refractivity contribution in [3.05, 3.63) is 10.7 Å². The number of aromatic nitrogens is 2. The zero-order valence-corrected chi connectivity index (χ0v) is 12.7. The second kappa shape index (κ2) is 5.63. The summed E-state index contributed by atoms with van der Waals surface area (Å²) in [5.74, 6) is 1.24. The first kappa shape index (κ1) is 13.1. The predicted octanol–water partition coefficient (Wildman–Crippen LogP) is 2.29. The summed E-state index contributed by atoms with van der Waals surface area (Å²) in [5.41, 5.74) is 0. The highest BCUT2D eigenvalue weighted by atomic mass is 79.9. The monoisotopic (exact) mass is 326 g/mol. The molecule has 3 heterocycles. The van der Waals surface area contributed by atoms with E-state index in [1.54, 1.807) is 13.3 Å². The van der Waals surface area contributed by atoms with E-state index in [4.69, 9.17) is 4.74 Å². The Bertz CT molecular complexity index is 456. The molecular formula is C13H19BrN4O. The van der Waals surface area contributed by atoms with Crippen LogP contribution in [0.4, 0.5) is 5.95 Å². The van der Waals surface area contributed by atoms with Crippen LogP contribution in [0.1, 0.15) is 25.7 Å². The largest absolute Gasteiger partial charge is 0.480 e. The van der Waals surface area contributed by atoms with Crippen molar-refractivity contribution in [2.45, 2.75) is 37.8 Å². The smallest absolute Gasteiger partial charge is 0.232 e. The number of hydrogen-bond donors (Lipinski definition) is 1. The van der Waals surface area contributed by atoms with E-state index in [-0.39, 0.29) is 0 Å². The van der Waals surface area contributed by atoms with E-state index in [2.05, 4.69) is 36.1 Å². The molecule has 2 atom stereocenters. The van der Waals surface area contributed by atoms with Crippen LogP contribution in [0.25, 0.3) is 0 Å². The van der Waals surface area contributed by atoms with Gasteiger partial charge < -0.3 is 10.1 Å². The van der Waals surface area contributed by atoms with Crippen LogP contribution in [0.3, 0.4) is 0 Å². The third-order valence-electron chi connectivity index (χ3n) is 4.08. The van der Waals surface area contributed by atoms with Gasteiger partial charge in [-0.2, -0.15) is 4.98 Å². The minimum absolute atomic E-state index is 0.464. The summed E-state index contributed by atoms with van der Waals surface area (Å²) >= 11 is 3.37. The minimum atomic E-state index is 0.464. The van der Waals surface area contributed by atoms with Crippen LogP contribution in [0, 0.1) is 0 Å². The van der Waals surface area contributed by atoms with Crippen molar-refractivity contribution in [1.29, 1.82) is 0 Å². The highest BCUT2D eigenvalue weighted by Gasteiger charge is 2.35. The molecule has 0 aromatic carbocycles. The van der Waals surface area contributed by atoms with Gasteiger partial charge in [0.15, 0.2) is 0 Å². The number of anilines is 1. The third kappa shape index (κ3) is 2.69. The van der Waals surface area contributed by atoms with Crippen LogP contribution in [0.15, 0.2) is 10.7 Å². The van der Waals surface area contributed by atoms with E-state index in [1.807, 2.05) is 0 Å². The summed E-state index contributed by atoms with van der Waals surface area (Å²) in [7, 11) is 1.62. The maximum atomic E-state index is 5.21. The normalized spacial score (nSPS) is 27.1. The fourth-order valence-electron chi connectivity index (χ4n) is 3.15. The minimum Gasteiger partial charge on any atom is -0.480 e. The number of fused-ring (bicyclic) bond motifs is 1. The van der Waals surface area contributed by atoms with Gasteiger partial charge in [0.05, 0.1) is 17.8 Å².